The van der Waals surface area contributed by atoms with Crippen molar-refractivity contribution in [2.45, 2.75) is 19.5 Å². The molecular weight excluding hydrogens is 385 g/mol. The molecular formula is C20H19ClFN3OS. The van der Waals surface area contributed by atoms with E-state index in [9.17, 15) is 9.18 Å². The van der Waals surface area contributed by atoms with Gasteiger partial charge >= 0.3 is 0 Å². The highest BCUT2D eigenvalue weighted by molar-refractivity contribution is 7.15. The predicted molar refractivity (Wildman–Crippen MR) is 108 cm³/mol. The summed E-state index contributed by atoms with van der Waals surface area (Å²) in [5.41, 5.74) is 2.78. The van der Waals surface area contributed by atoms with Crippen molar-refractivity contribution in [3.63, 3.8) is 0 Å². The number of fused-ring (bicyclic) bond motifs is 1. The molecule has 1 amide bonds. The van der Waals surface area contributed by atoms with Crippen LogP contribution in [-0.2, 0) is 19.5 Å². The number of hydrogen-bond donors (Lipinski definition) is 1. The molecule has 0 saturated heterocycles. The minimum absolute atomic E-state index is 0. The average Bonchev–Trinajstić information content (AvgIpc) is 3.04. The quantitative estimate of drug-likeness (QED) is 0.696. The van der Waals surface area contributed by atoms with Gasteiger partial charge in [0, 0.05) is 36.5 Å². The van der Waals surface area contributed by atoms with Crippen molar-refractivity contribution in [3.05, 3.63) is 82.1 Å². The smallest absolute Gasteiger partial charge is 0.257 e. The highest BCUT2D eigenvalue weighted by atomic mass is 35.5. The molecule has 0 fully saturated rings. The zero-order valence-corrected chi connectivity index (χ0v) is 16.2. The number of nitrogens with zero attached hydrogens (tertiary/aromatic N) is 2. The van der Waals surface area contributed by atoms with Crippen molar-refractivity contribution in [2.24, 2.45) is 0 Å². The summed E-state index contributed by atoms with van der Waals surface area (Å²) in [6.45, 7) is 2.71. The average molecular weight is 404 g/mol. The lowest BCUT2D eigenvalue weighted by atomic mass is 10.1. The molecule has 4 rings (SSSR count). The van der Waals surface area contributed by atoms with Gasteiger partial charge in [0.05, 0.1) is 5.69 Å². The molecule has 0 unspecified atom stereocenters. The fraction of sp³-hybridized carbons (Fsp3) is 0.200. The molecule has 7 heteroatoms. The number of thiazole rings is 1. The van der Waals surface area contributed by atoms with E-state index in [2.05, 4.69) is 39.5 Å². The van der Waals surface area contributed by atoms with Crippen molar-refractivity contribution in [1.29, 1.82) is 0 Å². The van der Waals surface area contributed by atoms with E-state index in [0.717, 1.165) is 31.7 Å². The summed E-state index contributed by atoms with van der Waals surface area (Å²) in [5, 5.41) is 3.43. The summed E-state index contributed by atoms with van der Waals surface area (Å²) in [7, 11) is 0. The molecule has 0 spiro atoms. The maximum atomic E-state index is 13.0. The molecule has 0 bridgehead atoms. The maximum Gasteiger partial charge on any atom is 0.257 e. The third kappa shape index (κ3) is 4.71. The topological polar surface area (TPSA) is 45.2 Å². The number of carbonyl (C=O) groups excluding carboxylic acids is 1. The Kier molecular flexibility index (Phi) is 6.21. The highest BCUT2D eigenvalue weighted by Crippen LogP contribution is 2.29. The molecule has 140 valence electrons. The number of rotatable bonds is 4. The molecule has 1 aliphatic heterocycles. The van der Waals surface area contributed by atoms with Crippen molar-refractivity contribution >= 4 is 34.8 Å². The molecule has 3 aromatic rings. The van der Waals surface area contributed by atoms with Gasteiger partial charge in [-0.05, 0) is 29.8 Å². The van der Waals surface area contributed by atoms with Crippen LogP contribution >= 0.6 is 23.7 Å². The lowest BCUT2D eigenvalue weighted by molar-refractivity contribution is 0.102. The van der Waals surface area contributed by atoms with Gasteiger partial charge in [-0.25, -0.2) is 9.37 Å². The second-order valence-corrected chi connectivity index (χ2v) is 7.38. The van der Waals surface area contributed by atoms with Crippen LogP contribution in [0.1, 0.15) is 26.5 Å². The monoisotopic (exact) mass is 403 g/mol. The molecule has 0 aliphatic carbocycles. The fourth-order valence-corrected chi connectivity index (χ4v) is 4.09. The van der Waals surface area contributed by atoms with Gasteiger partial charge in [0.25, 0.3) is 5.91 Å². The zero-order chi connectivity index (χ0) is 17.9. The Balaban J connectivity index is 0.00000210. The van der Waals surface area contributed by atoms with Crippen molar-refractivity contribution in [1.82, 2.24) is 9.88 Å². The number of aromatic nitrogens is 1. The van der Waals surface area contributed by atoms with Crippen LogP contribution in [0.25, 0.3) is 0 Å². The third-order valence-corrected chi connectivity index (χ3v) is 5.38. The number of nitrogens with one attached hydrogen (secondary N) is 1. The third-order valence-electron chi connectivity index (χ3n) is 4.39. The first-order valence-corrected chi connectivity index (χ1v) is 9.31. The fourth-order valence-electron chi connectivity index (χ4n) is 3.05. The van der Waals surface area contributed by atoms with Gasteiger partial charge in [-0.2, -0.15) is 0 Å². The maximum absolute atomic E-state index is 13.0. The van der Waals surface area contributed by atoms with Gasteiger partial charge in [-0.3, -0.25) is 15.0 Å². The van der Waals surface area contributed by atoms with Crippen LogP contribution in [0, 0.1) is 5.82 Å². The van der Waals surface area contributed by atoms with Gasteiger partial charge in [-0.15, -0.1) is 23.7 Å². The molecule has 2 aromatic carbocycles. The molecule has 2 heterocycles. The van der Waals surface area contributed by atoms with Gasteiger partial charge in [0.15, 0.2) is 5.13 Å². The largest absolute Gasteiger partial charge is 0.298 e. The second kappa shape index (κ2) is 8.61. The molecule has 0 radical (unpaired) electrons. The molecule has 1 aliphatic rings. The minimum Gasteiger partial charge on any atom is -0.298 e. The van der Waals surface area contributed by atoms with Crippen LogP contribution in [0.15, 0.2) is 54.6 Å². The normalized spacial score (nSPS) is 13.5. The summed E-state index contributed by atoms with van der Waals surface area (Å²) < 4.78 is 13.0. The van der Waals surface area contributed by atoms with E-state index in [1.807, 2.05) is 6.07 Å². The van der Waals surface area contributed by atoms with Crippen LogP contribution in [0.2, 0.25) is 0 Å². The lowest BCUT2D eigenvalue weighted by Crippen LogP contribution is -2.29. The number of anilines is 1. The Labute approximate surface area is 167 Å². The number of carbonyl (C=O) groups is 1. The van der Waals surface area contributed by atoms with Crippen LogP contribution in [0.3, 0.4) is 0 Å². The summed E-state index contributed by atoms with van der Waals surface area (Å²) >= 11 is 1.52. The van der Waals surface area contributed by atoms with Gasteiger partial charge in [0.1, 0.15) is 5.82 Å². The van der Waals surface area contributed by atoms with E-state index in [1.54, 1.807) is 0 Å². The van der Waals surface area contributed by atoms with Crippen molar-refractivity contribution in [3.8, 4) is 0 Å². The Bertz CT molecular complexity index is 915. The SMILES string of the molecule is Cl.O=C(Nc1nc2c(s1)CN(Cc1ccccc1)CC2)c1ccc(F)cc1. The van der Waals surface area contributed by atoms with Gasteiger partial charge in [0.2, 0.25) is 0 Å². The Morgan fingerprint density at radius 3 is 2.63 bits per heavy atom. The molecule has 27 heavy (non-hydrogen) atoms. The van der Waals surface area contributed by atoms with Crippen molar-refractivity contribution < 1.29 is 9.18 Å². The first-order chi connectivity index (χ1) is 12.7. The van der Waals surface area contributed by atoms with Gasteiger partial charge < -0.3 is 0 Å². The predicted octanol–water partition coefficient (Wildman–Crippen LogP) is 4.51. The second-order valence-electron chi connectivity index (χ2n) is 6.30. The highest BCUT2D eigenvalue weighted by Gasteiger charge is 2.21. The first-order valence-electron chi connectivity index (χ1n) is 8.49. The Hall–Kier alpha value is -2.28. The number of halogens is 2. The minimum atomic E-state index is -0.357. The Morgan fingerprint density at radius 1 is 1.15 bits per heavy atom. The number of amides is 1. The van der Waals surface area contributed by atoms with Crippen LogP contribution in [-0.4, -0.2) is 22.3 Å². The van der Waals surface area contributed by atoms with E-state index in [4.69, 9.17) is 0 Å². The van der Waals surface area contributed by atoms with Crippen molar-refractivity contribution in [2.75, 3.05) is 11.9 Å². The molecule has 4 nitrogen and oxygen atoms in total. The summed E-state index contributed by atoms with van der Waals surface area (Å²) in [5.74, 6) is -0.623. The lowest BCUT2D eigenvalue weighted by Gasteiger charge is -2.25. The zero-order valence-electron chi connectivity index (χ0n) is 14.5. The summed E-state index contributed by atoms with van der Waals surface area (Å²) in [4.78, 5) is 20.4. The van der Waals surface area contributed by atoms with Gasteiger partial charge in [-0.1, -0.05) is 30.3 Å². The van der Waals surface area contributed by atoms with Crippen LogP contribution < -0.4 is 5.32 Å². The summed E-state index contributed by atoms with van der Waals surface area (Å²) in [6.07, 6.45) is 0.880. The van der Waals surface area contributed by atoms with E-state index in [0.29, 0.717) is 10.7 Å². The number of benzene rings is 2. The summed E-state index contributed by atoms with van der Waals surface area (Å²) in [6, 6.07) is 15.9. The van der Waals surface area contributed by atoms with Crippen LogP contribution in [0.5, 0.6) is 0 Å². The Morgan fingerprint density at radius 2 is 1.89 bits per heavy atom. The molecule has 1 aromatic heterocycles. The van der Waals surface area contributed by atoms with E-state index in [1.165, 1.54) is 46.0 Å². The van der Waals surface area contributed by atoms with Crippen LogP contribution in [0.4, 0.5) is 9.52 Å². The van der Waals surface area contributed by atoms with E-state index in [-0.39, 0.29) is 24.1 Å². The van der Waals surface area contributed by atoms with E-state index < -0.39 is 0 Å². The first kappa shape index (κ1) is 19.5. The molecule has 0 atom stereocenters. The molecule has 0 saturated carbocycles. The standard InChI is InChI=1S/C20H18FN3OS.ClH/c21-16-8-6-15(7-9-16)19(25)23-20-22-17-10-11-24(13-18(17)26-20)12-14-4-2-1-3-5-14;/h1-9H,10-13H2,(H,22,23,25);1H. The number of hydrogen-bond acceptors (Lipinski definition) is 4. The molecule has 1 N–H and O–H groups in total. The van der Waals surface area contributed by atoms with E-state index >= 15 is 0 Å².